The van der Waals surface area contributed by atoms with E-state index in [1.54, 1.807) is 0 Å². The Morgan fingerprint density at radius 3 is 3.00 bits per heavy atom. The van der Waals surface area contributed by atoms with Gasteiger partial charge in [-0.05, 0) is 19.3 Å². The van der Waals surface area contributed by atoms with Gasteiger partial charge in [0, 0.05) is 12.5 Å². The fourth-order valence-electron chi connectivity index (χ4n) is 2.56. The molecule has 1 fully saturated rings. The van der Waals surface area contributed by atoms with Crippen molar-refractivity contribution in [1.29, 1.82) is 0 Å². The molecule has 1 saturated carbocycles. The van der Waals surface area contributed by atoms with Crippen molar-refractivity contribution in [2.45, 2.75) is 45.1 Å². The van der Waals surface area contributed by atoms with Crippen molar-refractivity contribution >= 4 is 11.6 Å². The van der Waals surface area contributed by atoms with E-state index >= 15 is 0 Å². The highest BCUT2D eigenvalue weighted by Crippen LogP contribution is 2.24. The summed E-state index contributed by atoms with van der Waals surface area (Å²) in [4.78, 5) is 12.0. The van der Waals surface area contributed by atoms with Gasteiger partial charge in [-0.2, -0.15) is 5.10 Å². The number of carbonyl (C=O) groups is 1. The van der Waals surface area contributed by atoms with E-state index in [0.717, 1.165) is 37.8 Å². The number of hydrogen-bond donors (Lipinski definition) is 4. The quantitative estimate of drug-likeness (QED) is 0.633. The number of aromatic amines is 1. The molecule has 0 radical (unpaired) electrons. The third-order valence-electron chi connectivity index (χ3n) is 3.74. The van der Waals surface area contributed by atoms with Crippen LogP contribution in [0.5, 0.6) is 0 Å². The molecule has 106 valence electrons. The Hall–Kier alpha value is -1.56. The zero-order valence-corrected chi connectivity index (χ0v) is 11.3. The van der Waals surface area contributed by atoms with Crippen LogP contribution in [0.4, 0.5) is 5.69 Å². The summed E-state index contributed by atoms with van der Waals surface area (Å²) in [5.41, 5.74) is 7.41. The monoisotopic (exact) mass is 266 g/mol. The lowest BCUT2D eigenvalue weighted by Gasteiger charge is -2.14. The maximum atomic E-state index is 12.0. The van der Waals surface area contributed by atoms with Crippen molar-refractivity contribution in [1.82, 2.24) is 15.5 Å². The molecule has 0 aliphatic heterocycles. The van der Waals surface area contributed by atoms with Gasteiger partial charge in [-0.1, -0.05) is 19.8 Å². The summed E-state index contributed by atoms with van der Waals surface area (Å²) in [7, 11) is 0. The largest absolute Gasteiger partial charge is 0.395 e. The van der Waals surface area contributed by atoms with E-state index in [4.69, 9.17) is 5.73 Å². The van der Waals surface area contributed by atoms with E-state index in [1.165, 1.54) is 0 Å². The number of rotatable bonds is 5. The van der Waals surface area contributed by atoms with Gasteiger partial charge >= 0.3 is 0 Å². The second-order valence-electron chi connectivity index (χ2n) is 5.18. The SMILES string of the molecule is CCCc1[nH]nc(C(=O)NCC2CCCC2O)c1N. The molecule has 6 nitrogen and oxygen atoms in total. The number of carbonyl (C=O) groups excluding carboxylic acids is 1. The lowest BCUT2D eigenvalue weighted by molar-refractivity contribution is 0.0913. The Balaban J connectivity index is 1.92. The van der Waals surface area contributed by atoms with Gasteiger partial charge in [0.1, 0.15) is 0 Å². The molecule has 0 bridgehead atoms. The summed E-state index contributed by atoms with van der Waals surface area (Å²) >= 11 is 0. The van der Waals surface area contributed by atoms with Crippen LogP contribution in [0.3, 0.4) is 0 Å². The minimum absolute atomic E-state index is 0.152. The highest BCUT2D eigenvalue weighted by molar-refractivity contribution is 5.97. The van der Waals surface area contributed by atoms with Crippen LogP contribution >= 0.6 is 0 Å². The number of nitrogens with two attached hydrogens (primary N) is 1. The maximum absolute atomic E-state index is 12.0. The number of aryl methyl sites for hydroxylation is 1. The van der Waals surface area contributed by atoms with Gasteiger partial charge in [0.2, 0.25) is 0 Å². The minimum atomic E-state index is -0.299. The molecule has 0 spiro atoms. The molecule has 2 atom stereocenters. The van der Waals surface area contributed by atoms with E-state index in [2.05, 4.69) is 15.5 Å². The molecule has 1 amide bonds. The van der Waals surface area contributed by atoms with Crippen LogP contribution in [0.25, 0.3) is 0 Å². The molecule has 0 saturated heterocycles. The summed E-state index contributed by atoms with van der Waals surface area (Å²) in [5.74, 6) is -0.116. The molecule has 19 heavy (non-hydrogen) atoms. The lowest BCUT2D eigenvalue weighted by Crippen LogP contribution is -2.33. The number of hydrogen-bond acceptors (Lipinski definition) is 4. The van der Waals surface area contributed by atoms with Gasteiger partial charge in [-0.25, -0.2) is 0 Å². The number of nitrogens with one attached hydrogen (secondary N) is 2. The molecule has 1 aliphatic rings. The van der Waals surface area contributed by atoms with Crippen LogP contribution < -0.4 is 11.1 Å². The van der Waals surface area contributed by atoms with Crippen molar-refractivity contribution in [3.63, 3.8) is 0 Å². The third kappa shape index (κ3) is 3.07. The normalized spacial score (nSPS) is 22.6. The molecular formula is C13H22N4O2. The number of aliphatic hydroxyl groups excluding tert-OH is 1. The molecule has 1 heterocycles. The van der Waals surface area contributed by atoms with Crippen LogP contribution in [0.15, 0.2) is 0 Å². The van der Waals surface area contributed by atoms with E-state index < -0.39 is 0 Å². The predicted octanol–water partition coefficient (Wildman–Crippen LogP) is 0.835. The van der Waals surface area contributed by atoms with Crippen molar-refractivity contribution in [2.24, 2.45) is 5.92 Å². The summed E-state index contributed by atoms with van der Waals surface area (Å²) in [6, 6.07) is 0. The second-order valence-corrected chi connectivity index (χ2v) is 5.18. The summed E-state index contributed by atoms with van der Waals surface area (Å²) < 4.78 is 0. The Kier molecular flexibility index (Phi) is 4.42. The highest BCUT2D eigenvalue weighted by atomic mass is 16.3. The zero-order chi connectivity index (χ0) is 13.8. The lowest BCUT2D eigenvalue weighted by atomic mass is 10.1. The van der Waals surface area contributed by atoms with Gasteiger partial charge < -0.3 is 16.2 Å². The third-order valence-corrected chi connectivity index (χ3v) is 3.74. The summed E-state index contributed by atoms with van der Waals surface area (Å²) in [6.07, 6.45) is 4.24. The number of aliphatic hydroxyl groups is 1. The summed E-state index contributed by atoms with van der Waals surface area (Å²) in [6.45, 7) is 2.52. The molecule has 5 N–H and O–H groups in total. The van der Waals surface area contributed by atoms with Gasteiger partial charge in [0.25, 0.3) is 5.91 Å². The van der Waals surface area contributed by atoms with E-state index in [0.29, 0.717) is 12.2 Å². The van der Waals surface area contributed by atoms with Crippen LogP contribution in [-0.2, 0) is 6.42 Å². The Morgan fingerprint density at radius 2 is 2.37 bits per heavy atom. The van der Waals surface area contributed by atoms with Gasteiger partial charge in [0.15, 0.2) is 5.69 Å². The van der Waals surface area contributed by atoms with Crippen LogP contribution in [-0.4, -0.2) is 33.9 Å². The number of nitrogen functional groups attached to an aromatic ring is 1. The molecule has 1 aliphatic carbocycles. The first-order chi connectivity index (χ1) is 9.13. The second kappa shape index (κ2) is 6.06. The maximum Gasteiger partial charge on any atom is 0.273 e. The standard InChI is InChI=1S/C13H22N4O2/c1-2-4-9-11(14)12(17-16-9)13(19)15-7-8-5-3-6-10(8)18/h8,10,18H,2-7,14H2,1H3,(H,15,19)(H,16,17). The van der Waals surface area contributed by atoms with Crippen molar-refractivity contribution in [3.8, 4) is 0 Å². The first kappa shape index (κ1) is 13.9. The zero-order valence-electron chi connectivity index (χ0n) is 11.3. The topological polar surface area (TPSA) is 104 Å². The molecule has 2 unspecified atom stereocenters. The predicted molar refractivity (Wildman–Crippen MR) is 72.7 cm³/mol. The molecule has 6 heteroatoms. The number of amides is 1. The van der Waals surface area contributed by atoms with Gasteiger partial charge in [0.05, 0.1) is 17.5 Å². The Bertz CT molecular complexity index is 444. The molecular weight excluding hydrogens is 244 g/mol. The molecule has 0 aromatic carbocycles. The van der Waals surface area contributed by atoms with Crippen molar-refractivity contribution in [3.05, 3.63) is 11.4 Å². The number of nitrogens with zero attached hydrogens (tertiary/aromatic N) is 1. The molecule has 2 rings (SSSR count). The average molecular weight is 266 g/mol. The Morgan fingerprint density at radius 1 is 1.58 bits per heavy atom. The van der Waals surface area contributed by atoms with E-state index in [-0.39, 0.29) is 23.6 Å². The smallest absolute Gasteiger partial charge is 0.273 e. The first-order valence-corrected chi connectivity index (χ1v) is 6.92. The fraction of sp³-hybridized carbons (Fsp3) is 0.692. The van der Waals surface area contributed by atoms with Gasteiger partial charge in [-0.15, -0.1) is 0 Å². The molecule has 1 aromatic heterocycles. The Labute approximate surface area is 112 Å². The number of aromatic nitrogens is 2. The summed E-state index contributed by atoms with van der Waals surface area (Å²) in [5, 5.41) is 19.3. The van der Waals surface area contributed by atoms with E-state index in [1.807, 2.05) is 6.92 Å². The van der Waals surface area contributed by atoms with Crippen molar-refractivity contribution < 1.29 is 9.90 Å². The number of H-pyrrole nitrogens is 1. The highest BCUT2D eigenvalue weighted by Gasteiger charge is 2.26. The first-order valence-electron chi connectivity index (χ1n) is 6.92. The van der Waals surface area contributed by atoms with Gasteiger partial charge in [-0.3, -0.25) is 9.89 Å². The fourth-order valence-corrected chi connectivity index (χ4v) is 2.56. The van der Waals surface area contributed by atoms with Crippen LogP contribution in [0, 0.1) is 5.92 Å². The molecule has 1 aromatic rings. The van der Waals surface area contributed by atoms with Crippen molar-refractivity contribution in [2.75, 3.05) is 12.3 Å². The van der Waals surface area contributed by atoms with Crippen LogP contribution in [0.1, 0.15) is 48.8 Å². The average Bonchev–Trinajstić information content (AvgIpc) is 2.95. The van der Waals surface area contributed by atoms with E-state index in [9.17, 15) is 9.90 Å². The number of anilines is 1. The van der Waals surface area contributed by atoms with Crippen LogP contribution in [0.2, 0.25) is 0 Å². The minimum Gasteiger partial charge on any atom is -0.395 e.